The van der Waals surface area contributed by atoms with Crippen LogP contribution in [-0.4, -0.2) is 15.0 Å². The summed E-state index contributed by atoms with van der Waals surface area (Å²) in [7, 11) is 0. The summed E-state index contributed by atoms with van der Waals surface area (Å²) in [5.74, 6) is -0.907. The molecule has 0 fully saturated rings. The van der Waals surface area contributed by atoms with Crippen molar-refractivity contribution in [3.05, 3.63) is 67.7 Å². The molecular weight excluding hydrogens is 351 g/mol. The maximum atomic E-state index is 12.9. The van der Waals surface area contributed by atoms with Crippen LogP contribution in [-0.2, 0) is 30.8 Å². The van der Waals surface area contributed by atoms with Crippen molar-refractivity contribution in [2.24, 2.45) is 0 Å². The second kappa shape index (κ2) is 7.99. The fourth-order valence-corrected chi connectivity index (χ4v) is 3.23. The topological polar surface area (TPSA) is 96.9 Å². The van der Waals surface area contributed by atoms with Crippen LogP contribution in [0.25, 0.3) is 0 Å². The number of benzene rings is 1. The molecule has 27 heavy (non-hydrogen) atoms. The van der Waals surface area contributed by atoms with Gasteiger partial charge in [-0.1, -0.05) is 18.6 Å². The van der Waals surface area contributed by atoms with Crippen LogP contribution in [0.15, 0.2) is 33.9 Å². The SMILES string of the molecule is N#Cc1c2n(c(=O)n(CC(=O)NCc3ccc(F)cc3)c1=O)CCCCC2. The third-order valence-corrected chi connectivity index (χ3v) is 4.65. The van der Waals surface area contributed by atoms with Crippen LogP contribution in [0.4, 0.5) is 4.39 Å². The van der Waals surface area contributed by atoms with E-state index in [-0.39, 0.29) is 17.9 Å². The smallest absolute Gasteiger partial charge is 0.331 e. The van der Waals surface area contributed by atoms with Gasteiger partial charge in [-0.3, -0.25) is 14.2 Å². The Morgan fingerprint density at radius 3 is 2.63 bits per heavy atom. The van der Waals surface area contributed by atoms with Crippen LogP contribution in [0, 0.1) is 17.1 Å². The van der Waals surface area contributed by atoms with Crippen LogP contribution in [0.2, 0.25) is 0 Å². The van der Waals surface area contributed by atoms with Gasteiger partial charge >= 0.3 is 5.69 Å². The molecule has 0 unspecified atom stereocenters. The van der Waals surface area contributed by atoms with Crippen molar-refractivity contribution in [1.82, 2.24) is 14.5 Å². The molecule has 0 saturated heterocycles. The number of hydrogen-bond donors (Lipinski definition) is 1. The summed E-state index contributed by atoms with van der Waals surface area (Å²) in [5, 5.41) is 12.0. The number of carbonyl (C=O) groups excluding carboxylic acids is 1. The van der Waals surface area contributed by atoms with E-state index in [1.54, 1.807) is 0 Å². The Kier molecular flexibility index (Phi) is 5.50. The van der Waals surface area contributed by atoms with Gasteiger partial charge in [-0.25, -0.2) is 13.8 Å². The molecule has 1 amide bonds. The lowest BCUT2D eigenvalue weighted by molar-refractivity contribution is -0.121. The Morgan fingerprint density at radius 1 is 1.19 bits per heavy atom. The van der Waals surface area contributed by atoms with Gasteiger partial charge in [0.05, 0.1) is 0 Å². The number of nitrogens with one attached hydrogen (secondary N) is 1. The molecule has 1 aromatic heterocycles. The molecule has 0 aliphatic carbocycles. The molecule has 140 valence electrons. The number of nitriles is 1. The quantitative estimate of drug-likeness (QED) is 0.870. The lowest BCUT2D eigenvalue weighted by atomic mass is 10.1. The van der Waals surface area contributed by atoms with E-state index in [1.807, 2.05) is 6.07 Å². The third-order valence-electron chi connectivity index (χ3n) is 4.65. The normalized spacial score (nSPS) is 13.3. The zero-order valence-corrected chi connectivity index (χ0v) is 14.7. The van der Waals surface area contributed by atoms with Gasteiger partial charge in [-0.15, -0.1) is 0 Å². The highest BCUT2D eigenvalue weighted by molar-refractivity contribution is 5.75. The maximum absolute atomic E-state index is 12.9. The second-order valence-corrected chi connectivity index (χ2v) is 6.47. The summed E-state index contributed by atoms with van der Waals surface area (Å²) in [6, 6.07) is 7.53. The van der Waals surface area contributed by atoms with Gasteiger partial charge < -0.3 is 5.32 Å². The van der Waals surface area contributed by atoms with Crippen LogP contribution in [0.5, 0.6) is 0 Å². The standard InChI is InChI=1S/C19H19FN4O3/c20-14-7-5-13(6-8-14)11-22-17(25)12-24-18(26)15(10-21)16-4-2-1-3-9-23(16)19(24)27/h5-8H,1-4,9,11-12H2,(H,22,25). The fraction of sp³-hybridized carbons (Fsp3) is 0.368. The van der Waals surface area contributed by atoms with Gasteiger partial charge in [0.2, 0.25) is 5.91 Å². The van der Waals surface area contributed by atoms with Crippen molar-refractivity contribution >= 4 is 5.91 Å². The zero-order chi connectivity index (χ0) is 19.4. The van der Waals surface area contributed by atoms with Crippen molar-refractivity contribution in [3.63, 3.8) is 0 Å². The van der Waals surface area contributed by atoms with Crippen molar-refractivity contribution in [3.8, 4) is 6.07 Å². The molecule has 0 radical (unpaired) electrons. The van der Waals surface area contributed by atoms with Gasteiger partial charge in [0.25, 0.3) is 5.56 Å². The van der Waals surface area contributed by atoms with E-state index >= 15 is 0 Å². The molecule has 3 rings (SSSR count). The average molecular weight is 370 g/mol. The Labute approximate surface area is 154 Å². The van der Waals surface area contributed by atoms with E-state index < -0.39 is 23.7 Å². The molecule has 0 spiro atoms. The number of hydrogen-bond acceptors (Lipinski definition) is 4. The van der Waals surface area contributed by atoms with E-state index in [0.717, 1.165) is 23.8 Å². The van der Waals surface area contributed by atoms with Crippen molar-refractivity contribution in [2.45, 2.75) is 45.3 Å². The molecule has 7 nitrogen and oxygen atoms in total. The lowest BCUT2D eigenvalue weighted by Gasteiger charge is -2.14. The fourth-order valence-electron chi connectivity index (χ4n) is 3.23. The predicted octanol–water partition coefficient (Wildman–Crippen LogP) is 1.06. The number of nitrogens with zero attached hydrogens (tertiary/aromatic N) is 3. The summed E-state index contributed by atoms with van der Waals surface area (Å²) in [6.45, 7) is 0.111. The van der Waals surface area contributed by atoms with Crippen LogP contribution in [0.1, 0.15) is 36.1 Å². The van der Waals surface area contributed by atoms with Crippen molar-refractivity contribution in [1.29, 1.82) is 5.26 Å². The summed E-state index contributed by atoms with van der Waals surface area (Å²) in [5.41, 5.74) is -0.204. The summed E-state index contributed by atoms with van der Waals surface area (Å²) in [4.78, 5) is 37.5. The highest BCUT2D eigenvalue weighted by Crippen LogP contribution is 2.13. The van der Waals surface area contributed by atoms with E-state index in [4.69, 9.17) is 0 Å². The first-order chi connectivity index (χ1) is 13.0. The Balaban J connectivity index is 1.84. The third kappa shape index (κ3) is 3.97. The summed E-state index contributed by atoms with van der Waals surface area (Å²) < 4.78 is 15.2. The van der Waals surface area contributed by atoms with Gasteiger partial charge in [0.1, 0.15) is 24.0 Å². The minimum atomic E-state index is -0.729. The zero-order valence-electron chi connectivity index (χ0n) is 14.7. The average Bonchev–Trinajstić information content (AvgIpc) is 2.91. The van der Waals surface area contributed by atoms with E-state index in [2.05, 4.69) is 5.32 Å². The number of carbonyl (C=O) groups is 1. The monoisotopic (exact) mass is 370 g/mol. The van der Waals surface area contributed by atoms with Gasteiger partial charge in [0.15, 0.2) is 0 Å². The van der Waals surface area contributed by atoms with Crippen molar-refractivity contribution in [2.75, 3.05) is 0 Å². The number of amides is 1. The largest absolute Gasteiger partial charge is 0.350 e. The van der Waals surface area contributed by atoms with Crippen molar-refractivity contribution < 1.29 is 9.18 Å². The summed E-state index contributed by atoms with van der Waals surface area (Å²) >= 11 is 0. The minimum Gasteiger partial charge on any atom is -0.350 e. The van der Waals surface area contributed by atoms with E-state index in [9.17, 15) is 24.0 Å². The van der Waals surface area contributed by atoms with Gasteiger partial charge in [-0.05, 0) is 37.0 Å². The molecule has 0 saturated carbocycles. The maximum Gasteiger partial charge on any atom is 0.331 e. The molecule has 2 heterocycles. The predicted molar refractivity (Wildman–Crippen MR) is 95.5 cm³/mol. The van der Waals surface area contributed by atoms with E-state index in [0.29, 0.717) is 24.2 Å². The molecule has 1 aromatic carbocycles. The molecule has 8 heteroatoms. The number of fused-ring (bicyclic) bond motifs is 1. The van der Waals surface area contributed by atoms with Crippen LogP contribution < -0.4 is 16.6 Å². The highest BCUT2D eigenvalue weighted by atomic mass is 19.1. The Bertz CT molecular complexity index is 1020. The first-order valence-electron chi connectivity index (χ1n) is 8.79. The van der Waals surface area contributed by atoms with Gasteiger partial charge in [-0.2, -0.15) is 5.26 Å². The number of rotatable bonds is 4. The summed E-state index contributed by atoms with van der Waals surface area (Å²) in [6.07, 6.45) is 3.02. The van der Waals surface area contributed by atoms with E-state index in [1.165, 1.54) is 28.8 Å². The van der Waals surface area contributed by atoms with Crippen LogP contribution in [0.3, 0.4) is 0 Å². The molecule has 0 atom stereocenters. The second-order valence-electron chi connectivity index (χ2n) is 6.47. The highest BCUT2D eigenvalue weighted by Gasteiger charge is 2.21. The lowest BCUT2D eigenvalue weighted by Crippen LogP contribution is -2.46. The molecule has 2 aromatic rings. The molecule has 1 aliphatic rings. The first-order valence-corrected chi connectivity index (χ1v) is 8.79. The van der Waals surface area contributed by atoms with Crippen LogP contribution >= 0.6 is 0 Å². The molecule has 1 N–H and O–H groups in total. The minimum absolute atomic E-state index is 0.0668. The number of halogens is 1. The molecule has 1 aliphatic heterocycles. The molecule has 0 bridgehead atoms. The molecular formula is C19H19FN4O3. The Morgan fingerprint density at radius 2 is 1.93 bits per heavy atom. The van der Waals surface area contributed by atoms with Gasteiger partial charge in [0, 0.05) is 18.8 Å². The first kappa shape index (κ1) is 18.6. The Hall–Kier alpha value is -3.21. The number of aromatic nitrogens is 2.